The largest absolute Gasteiger partial charge is 0.369 e. The normalized spacial score (nSPS) is 15.8. The molecule has 0 saturated carbocycles. The smallest absolute Gasteiger partial charge is 0.191 e. The van der Waals surface area contributed by atoms with E-state index in [-0.39, 0.29) is 24.0 Å². The highest BCUT2D eigenvalue weighted by atomic mass is 127. The molecular formula is C19H34IN5. The molecule has 0 spiro atoms. The van der Waals surface area contributed by atoms with Crippen molar-refractivity contribution in [1.82, 2.24) is 15.5 Å². The molecule has 0 amide bonds. The Labute approximate surface area is 170 Å². The molecule has 2 rings (SSSR count). The van der Waals surface area contributed by atoms with Crippen LogP contribution in [-0.4, -0.2) is 62.7 Å². The molecule has 1 heterocycles. The standard InChI is InChI=1S/C19H33N5.HI/c1-4-20-19(22-17(2)3)21-11-8-12-23-13-15-24(16-14-23)18-9-6-5-7-10-18;/h5-7,9-10,17H,4,8,11-16H2,1-3H3,(H2,20,21,22);1H. The number of benzene rings is 1. The number of hydrogen-bond acceptors (Lipinski definition) is 3. The molecule has 1 aromatic carbocycles. The number of guanidine groups is 1. The van der Waals surface area contributed by atoms with Crippen molar-refractivity contribution in [3.05, 3.63) is 30.3 Å². The van der Waals surface area contributed by atoms with Gasteiger partial charge in [0.1, 0.15) is 0 Å². The quantitative estimate of drug-likeness (QED) is 0.285. The maximum Gasteiger partial charge on any atom is 0.191 e. The van der Waals surface area contributed by atoms with Crippen LogP contribution in [0.15, 0.2) is 35.3 Å². The van der Waals surface area contributed by atoms with Gasteiger partial charge in [-0.1, -0.05) is 18.2 Å². The van der Waals surface area contributed by atoms with Crippen LogP contribution in [0.1, 0.15) is 27.2 Å². The Kier molecular flexibility index (Phi) is 10.9. The number of aliphatic imine (C=N–C) groups is 1. The first-order valence-corrected chi connectivity index (χ1v) is 9.26. The van der Waals surface area contributed by atoms with Crippen LogP contribution in [0.5, 0.6) is 0 Å². The summed E-state index contributed by atoms with van der Waals surface area (Å²) in [6.45, 7) is 13.8. The fourth-order valence-corrected chi connectivity index (χ4v) is 2.95. The number of halogens is 1. The van der Waals surface area contributed by atoms with Crippen molar-refractivity contribution < 1.29 is 0 Å². The van der Waals surface area contributed by atoms with Crippen molar-refractivity contribution in [2.24, 2.45) is 4.99 Å². The van der Waals surface area contributed by atoms with Gasteiger partial charge in [-0.3, -0.25) is 9.89 Å². The number of para-hydroxylation sites is 1. The molecular weight excluding hydrogens is 425 g/mol. The number of piperazine rings is 1. The third kappa shape index (κ3) is 8.27. The minimum Gasteiger partial charge on any atom is -0.369 e. The van der Waals surface area contributed by atoms with E-state index in [0.717, 1.165) is 58.2 Å². The summed E-state index contributed by atoms with van der Waals surface area (Å²) < 4.78 is 0. The van der Waals surface area contributed by atoms with E-state index in [1.807, 2.05) is 0 Å². The van der Waals surface area contributed by atoms with Gasteiger partial charge in [0.15, 0.2) is 5.96 Å². The maximum atomic E-state index is 4.66. The Morgan fingerprint density at radius 3 is 2.40 bits per heavy atom. The molecule has 1 aliphatic heterocycles. The molecule has 142 valence electrons. The third-order valence-electron chi connectivity index (χ3n) is 4.17. The number of hydrogen-bond donors (Lipinski definition) is 2. The van der Waals surface area contributed by atoms with Gasteiger partial charge in [0, 0.05) is 57.5 Å². The van der Waals surface area contributed by atoms with Crippen molar-refractivity contribution in [3.63, 3.8) is 0 Å². The predicted octanol–water partition coefficient (Wildman–Crippen LogP) is 2.78. The number of nitrogens with zero attached hydrogens (tertiary/aromatic N) is 3. The lowest BCUT2D eigenvalue weighted by molar-refractivity contribution is 0.256. The molecule has 0 radical (unpaired) electrons. The minimum atomic E-state index is 0. The zero-order valence-corrected chi connectivity index (χ0v) is 18.2. The van der Waals surface area contributed by atoms with Crippen molar-refractivity contribution in [3.8, 4) is 0 Å². The summed E-state index contributed by atoms with van der Waals surface area (Å²) in [6.07, 6.45) is 1.11. The lowest BCUT2D eigenvalue weighted by Gasteiger charge is -2.36. The molecule has 1 fully saturated rings. The summed E-state index contributed by atoms with van der Waals surface area (Å²) in [4.78, 5) is 9.69. The van der Waals surface area contributed by atoms with Crippen molar-refractivity contribution in [2.75, 3.05) is 50.7 Å². The summed E-state index contributed by atoms with van der Waals surface area (Å²) in [5.41, 5.74) is 1.34. The van der Waals surface area contributed by atoms with E-state index in [4.69, 9.17) is 0 Å². The van der Waals surface area contributed by atoms with Gasteiger partial charge in [0.2, 0.25) is 0 Å². The molecule has 1 aromatic rings. The lowest BCUT2D eigenvalue weighted by atomic mass is 10.2. The van der Waals surface area contributed by atoms with Gasteiger partial charge in [0.25, 0.3) is 0 Å². The highest BCUT2D eigenvalue weighted by Crippen LogP contribution is 2.15. The first-order chi connectivity index (χ1) is 11.7. The van der Waals surface area contributed by atoms with Gasteiger partial charge in [-0.05, 0) is 39.3 Å². The average Bonchev–Trinajstić information content (AvgIpc) is 2.60. The van der Waals surface area contributed by atoms with Crippen molar-refractivity contribution in [1.29, 1.82) is 0 Å². The van der Waals surface area contributed by atoms with Crippen LogP contribution in [-0.2, 0) is 0 Å². The van der Waals surface area contributed by atoms with Crippen LogP contribution >= 0.6 is 24.0 Å². The first-order valence-electron chi connectivity index (χ1n) is 9.26. The first kappa shape index (κ1) is 22.0. The van der Waals surface area contributed by atoms with E-state index >= 15 is 0 Å². The fraction of sp³-hybridized carbons (Fsp3) is 0.632. The van der Waals surface area contributed by atoms with E-state index < -0.39 is 0 Å². The van der Waals surface area contributed by atoms with Gasteiger partial charge in [-0.25, -0.2) is 0 Å². The molecule has 0 bridgehead atoms. The SMILES string of the molecule is CCNC(=NCCCN1CCN(c2ccccc2)CC1)NC(C)C.I. The molecule has 1 aliphatic rings. The van der Waals surface area contributed by atoms with E-state index in [2.05, 4.69) is 76.5 Å². The molecule has 25 heavy (non-hydrogen) atoms. The minimum absolute atomic E-state index is 0. The van der Waals surface area contributed by atoms with E-state index in [0.29, 0.717) is 6.04 Å². The second-order valence-electron chi connectivity index (χ2n) is 6.58. The Hall–Kier alpha value is -1.02. The Morgan fingerprint density at radius 1 is 1.12 bits per heavy atom. The van der Waals surface area contributed by atoms with Crippen LogP contribution < -0.4 is 15.5 Å². The Morgan fingerprint density at radius 2 is 1.80 bits per heavy atom. The van der Waals surface area contributed by atoms with E-state index in [9.17, 15) is 0 Å². The van der Waals surface area contributed by atoms with Crippen LogP contribution in [0.2, 0.25) is 0 Å². The van der Waals surface area contributed by atoms with Gasteiger partial charge >= 0.3 is 0 Å². The van der Waals surface area contributed by atoms with Crippen molar-refractivity contribution >= 4 is 35.6 Å². The van der Waals surface area contributed by atoms with E-state index in [1.165, 1.54) is 5.69 Å². The summed E-state index contributed by atoms with van der Waals surface area (Å²) in [6, 6.07) is 11.1. The lowest BCUT2D eigenvalue weighted by Crippen LogP contribution is -2.46. The second-order valence-corrected chi connectivity index (χ2v) is 6.58. The van der Waals surface area contributed by atoms with Gasteiger partial charge < -0.3 is 15.5 Å². The summed E-state index contributed by atoms with van der Waals surface area (Å²) >= 11 is 0. The number of nitrogens with one attached hydrogen (secondary N) is 2. The van der Waals surface area contributed by atoms with Crippen LogP contribution in [0, 0.1) is 0 Å². The van der Waals surface area contributed by atoms with Crippen LogP contribution in [0.3, 0.4) is 0 Å². The monoisotopic (exact) mass is 459 g/mol. The Balaban J connectivity index is 0.00000312. The molecule has 0 unspecified atom stereocenters. The second kappa shape index (κ2) is 12.4. The molecule has 5 nitrogen and oxygen atoms in total. The highest BCUT2D eigenvalue weighted by molar-refractivity contribution is 14.0. The Bertz CT molecular complexity index is 484. The average molecular weight is 459 g/mol. The molecule has 1 saturated heterocycles. The summed E-state index contributed by atoms with van der Waals surface area (Å²) in [5.74, 6) is 0.932. The fourth-order valence-electron chi connectivity index (χ4n) is 2.95. The zero-order chi connectivity index (χ0) is 17.2. The predicted molar refractivity (Wildman–Crippen MR) is 119 cm³/mol. The van der Waals surface area contributed by atoms with E-state index in [1.54, 1.807) is 0 Å². The zero-order valence-electron chi connectivity index (χ0n) is 15.9. The van der Waals surface area contributed by atoms with Crippen LogP contribution in [0.4, 0.5) is 5.69 Å². The molecule has 6 heteroatoms. The number of rotatable bonds is 7. The molecule has 0 atom stereocenters. The third-order valence-corrected chi connectivity index (χ3v) is 4.17. The van der Waals surface area contributed by atoms with Gasteiger partial charge in [-0.2, -0.15) is 0 Å². The molecule has 2 N–H and O–H groups in total. The maximum absolute atomic E-state index is 4.66. The molecule has 0 aliphatic carbocycles. The van der Waals surface area contributed by atoms with Crippen LogP contribution in [0.25, 0.3) is 0 Å². The van der Waals surface area contributed by atoms with Crippen molar-refractivity contribution in [2.45, 2.75) is 33.2 Å². The molecule has 0 aromatic heterocycles. The summed E-state index contributed by atoms with van der Waals surface area (Å²) in [5, 5.41) is 6.66. The van der Waals surface area contributed by atoms with Gasteiger partial charge in [-0.15, -0.1) is 24.0 Å². The number of anilines is 1. The highest BCUT2D eigenvalue weighted by Gasteiger charge is 2.16. The topological polar surface area (TPSA) is 42.9 Å². The summed E-state index contributed by atoms with van der Waals surface area (Å²) in [7, 11) is 0. The van der Waals surface area contributed by atoms with Gasteiger partial charge in [0.05, 0.1) is 0 Å².